The lowest BCUT2D eigenvalue weighted by Crippen LogP contribution is -2.57. The number of hydrogen-bond donors (Lipinski definition) is 0. The maximum absolute atomic E-state index is 14.4. The van der Waals surface area contributed by atoms with Crippen LogP contribution in [0.25, 0.3) is 0 Å². The summed E-state index contributed by atoms with van der Waals surface area (Å²) in [5.41, 5.74) is -2.17. The summed E-state index contributed by atoms with van der Waals surface area (Å²) in [6.07, 6.45) is -0.512. The molecule has 0 aliphatic carbocycles. The van der Waals surface area contributed by atoms with E-state index in [4.69, 9.17) is 0 Å². The Morgan fingerprint density at radius 1 is 1.00 bits per heavy atom. The lowest BCUT2D eigenvalue weighted by Gasteiger charge is -2.37. The molecule has 0 radical (unpaired) electrons. The molecule has 1 fully saturated rings. The Bertz CT molecular complexity index is 1140. The van der Waals surface area contributed by atoms with Gasteiger partial charge in [0, 0.05) is 22.1 Å². The molecule has 2 aromatic carbocycles. The van der Waals surface area contributed by atoms with Gasteiger partial charge in [0.25, 0.3) is 11.8 Å². The number of hydrogen-bond acceptors (Lipinski definition) is 4. The molecule has 4 amide bonds. The van der Waals surface area contributed by atoms with Crippen LogP contribution in [0.1, 0.15) is 34.8 Å². The zero-order valence-electron chi connectivity index (χ0n) is 15.7. The van der Waals surface area contributed by atoms with Crippen LogP contribution in [0.4, 0.5) is 8.78 Å². The van der Waals surface area contributed by atoms with Crippen LogP contribution in [0, 0.1) is 11.6 Å². The van der Waals surface area contributed by atoms with E-state index >= 15 is 0 Å². The average molecular weight is 477 g/mol. The lowest BCUT2D eigenvalue weighted by molar-refractivity contribution is -0.145. The molecular formula is C21H15BrF2N2O4. The molecule has 2 aliphatic rings. The third-order valence-electron chi connectivity index (χ3n) is 5.51. The van der Waals surface area contributed by atoms with E-state index in [9.17, 15) is 28.0 Å². The topological polar surface area (TPSA) is 74.8 Å². The predicted octanol–water partition coefficient (Wildman–Crippen LogP) is 2.93. The fourth-order valence-corrected chi connectivity index (χ4v) is 4.38. The zero-order chi connectivity index (χ0) is 21.8. The van der Waals surface area contributed by atoms with Crippen molar-refractivity contribution in [3.63, 3.8) is 0 Å². The number of halogens is 3. The summed E-state index contributed by atoms with van der Waals surface area (Å²) in [7, 11) is 0. The molecule has 1 saturated heterocycles. The number of benzene rings is 2. The van der Waals surface area contributed by atoms with Gasteiger partial charge in [-0.1, -0.05) is 22.0 Å². The Labute approximate surface area is 178 Å². The first-order valence-corrected chi connectivity index (χ1v) is 9.95. The van der Waals surface area contributed by atoms with Crippen molar-refractivity contribution in [3.05, 3.63) is 69.2 Å². The fourth-order valence-electron chi connectivity index (χ4n) is 4.04. The number of rotatable bonds is 3. The van der Waals surface area contributed by atoms with Crippen molar-refractivity contribution in [1.29, 1.82) is 0 Å². The van der Waals surface area contributed by atoms with E-state index in [0.717, 1.165) is 21.9 Å². The predicted molar refractivity (Wildman–Crippen MR) is 104 cm³/mol. The molecule has 2 aliphatic heterocycles. The van der Waals surface area contributed by atoms with Crippen LogP contribution in [-0.2, 0) is 26.3 Å². The van der Waals surface area contributed by atoms with Gasteiger partial charge in [-0.3, -0.25) is 29.0 Å². The van der Waals surface area contributed by atoms with Gasteiger partial charge in [-0.05, 0) is 42.8 Å². The van der Waals surface area contributed by atoms with Gasteiger partial charge in [0.15, 0.2) is 5.41 Å². The molecular weight excluding hydrogens is 462 g/mol. The van der Waals surface area contributed by atoms with Crippen molar-refractivity contribution < 1.29 is 28.0 Å². The number of imide groups is 2. The van der Waals surface area contributed by atoms with E-state index in [2.05, 4.69) is 15.9 Å². The monoisotopic (exact) mass is 476 g/mol. The first-order chi connectivity index (χ1) is 14.2. The first-order valence-electron chi connectivity index (χ1n) is 9.15. The Kier molecular flexibility index (Phi) is 4.80. The maximum atomic E-state index is 14.4. The van der Waals surface area contributed by atoms with Gasteiger partial charge >= 0.3 is 0 Å². The van der Waals surface area contributed by atoms with Gasteiger partial charge in [-0.2, -0.15) is 0 Å². The number of carbonyl (C=O) groups is 4. The average Bonchev–Trinajstić information content (AvgIpc) is 2.95. The summed E-state index contributed by atoms with van der Waals surface area (Å²) in [5, 5.41) is 0. The van der Waals surface area contributed by atoms with Gasteiger partial charge < -0.3 is 0 Å². The minimum Gasteiger partial charge on any atom is -0.282 e. The number of fused-ring (bicyclic) bond motifs is 2. The van der Waals surface area contributed by atoms with Gasteiger partial charge in [-0.15, -0.1) is 0 Å². The molecule has 9 heteroatoms. The highest BCUT2D eigenvalue weighted by molar-refractivity contribution is 9.10. The van der Waals surface area contributed by atoms with Crippen LogP contribution in [0.3, 0.4) is 0 Å². The highest BCUT2D eigenvalue weighted by Gasteiger charge is 2.63. The number of nitrogens with zero attached hydrogens (tertiary/aromatic N) is 2. The third-order valence-corrected chi connectivity index (χ3v) is 6.01. The summed E-state index contributed by atoms with van der Waals surface area (Å²) in [6, 6.07) is 7.33. The van der Waals surface area contributed by atoms with Gasteiger partial charge in [0.1, 0.15) is 11.6 Å². The Hall–Kier alpha value is -2.94. The van der Waals surface area contributed by atoms with Crippen molar-refractivity contribution >= 4 is 39.6 Å². The molecule has 0 aromatic heterocycles. The molecule has 2 heterocycles. The van der Waals surface area contributed by atoms with E-state index in [1.54, 1.807) is 13.0 Å². The summed E-state index contributed by atoms with van der Waals surface area (Å²) < 4.78 is 28.9. The van der Waals surface area contributed by atoms with E-state index < -0.39 is 53.6 Å². The summed E-state index contributed by atoms with van der Waals surface area (Å²) in [6.45, 7) is 1.18. The van der Waals surface area contributed by atoms with Gasteiger partial charge in [0.2, 0.25) is 11.8 Å². The number of carbonyl (C=O) groups excluding carboxylic acids is 4. The van der Waals surface area contributed by atoms with Crippen molar-refractivity contribution in [2.75, 3.05) is 6.54 Å². The minimum absolute atomic E-state index is 0.0344. The van der Waals surface area contributed by atoms with Gasteiger partial charge in [-0.25, -0.2) is 8.78 Å². The fraction of sp³-hybridized carbons (Fsp3) is 0.238. The van der Waals surface area contributed by atoms with E-state index in [-0.39, 0.29) is 23.2 Å². The summed E-state index contributed by atoms with van der Waals surface area (Å²) in [4.78, 5) is 53.8. The lowest BCUT2D eigenvalue weighted by atomic mass is 9.72. The maximum Gasteiger partial charge on any atom is 0.261 e. The standard InChI is InChI=1S/C21H15BrF2N2O4/c1-2-25-17(27)9-21(19(25)29)15-8-13(23)5-6-14(15)18(28)26(20(21)30)10-11-3-4-12(22)7-16(11)24/h3-8H,2,9-10H2,1H3. The minimum atomic E-state index is -2.04. The molecule has 4 rings (SSSR count). The Morgan fingerprint density at radius 3 is 2.33 bits per heavy atom. The molecule has 0 saturated carbocycles. The molecule has 2 aromatic rings. The van der Waals surface area contributed by atoms with Crippen LogP contribution in [-0.4, -0.2) is 40.0 Å². The van der Waals surface area contributed by atoms with Crippen LogP contribution in [0.15, 0.2) is 40.9 Å². The third kappa shape index (κ3) is 2.79. The van der Waals surface area contributed by atoms with Crippen molar-refractivity contribution in [2.24, 2.45) is 0 Å². The second-order valence-electron chi connectivity index (χ2n) is 7.15. The normalized spacial score (nSPS) is 21.1. The van der Waals surface area contributed by atoms with E-state index in [1.807, 2.05) is 0 Å². The van der Waals surface area contributed by atoms with E-state index in [0.29, 0.717) is 4.47 Å². The first kappa shape index (κ1) is 20.3. The molecule has 1 atom stereocenters. The van der Waals surface area contributed by atoms with Crippen molar-refractivity contribution in [2.45, 2.75) is 25.3 Å². The van der Waals surface area contributed by atoms with Crippen molar-refractivity contribution in [1.82, 2.24) is 9.80 Å². The largest absolute Gasteiger partial charge is 0.282 e. The zero-order valence-corrected chi connectivity index (χ0v) is 17.3. The van der Waals surface area contributed by atoms with Crippen LogP contribution >= 0.6 is 15.9 Å². The van der Waals surface area contributed by atoms with Crippen molar-refractivity contribution in [3.8, 4) is 0 Å². The molecule has 0 N–H and O–H groups in total. The summed E-state index contributed by atoms with van der Waals surface area (Å²) in [5.74, 6) is -4.51. The quantitative estimate of drug-likeness (QED) is 0.504. The molecule has 0 bridgehead atoms. The molecule has 6 nitrogen and oxygen atoms in total. The van der Waals surface area contributed by atoms with Gasteiger partial charge in [0.05, 0.1) is 13.0 Å². The smallest absolute Gasteiger partial charge is 0.261 e. The SMILES string of the molecule is CCN1C(=O)CC2(C1=O)C(=O)N(Cc1ccc(Br)cc1F)C(=O)c1ccc(F)cc12. The van der Waals surface area contributed by atoms with E-state index in [1.165, 1.54) is 18.2 Å². The number of likely N-dealkylation sites (tertiary alicyclic amines) is 1. The second kappa shape index (κ2) is 7.09. The molecule has 154 valence electrons. The second-order valence-corrected chi connectivity index (χ2v) is 8.06. The highest BCUT2D eigenvalue weighted by atomic mass is 79.9. The molecule has 30 heavy (non-hydrogen) atoms. The molecule has 1 spiro atoms. The van der Waals surface area contributed by atoms with Crippen LogP contribution in [0.5, 0.6) is 0 Å². The van der Waals surface area contributed by atoms with Crippen LogP contribution in [0.2, 0.25) is 0 Å². The number of likely N-dealkylation sites (N-methyl/N-ethyl adjacent to an activating group) is 1. The summed E-state index contributed by atoms with van der Waals surface area (Å²) >= 11 is 3.14. The highest BCUT2D eigenvalue weighted by Crippen LogP contribution is 2.44. The Morgan fingerprint density at radius 2 is 1.70 bits per heavy atom. The number of amides is 4. The molecule has 1 unspecified atom stereocenters. The van der Waals surface area contributed by atoms with Crippen LogP contribution < -0.4 is 0 Å². The Balaban J connectivity index is 1.89.